The predicted molar refractivity (Wildman–Crippen MR) is 108 cm³/mol. The molecule has 2 heterocycles. The van der Waals surface area contributed by atoms with Gasteiger partial charge in [0, 0.05) is 4.88 Å². The standard InChI is InChI=1S/C11H15N.C11H8O2S/c1-2-4-10(5-3-1)11-6-8-12-9-7-11;12-11(13)9-5-3-8(4-6-9)10-2-1-7-14-10/h1-5,11-12H,6-9H2;1-7H,(H,12,13). The molecule has 0 unspecified atom stereocenters. The summed E-state index contributed by atoms with van der Waals surface area (Å²) >= 11 is 1.64. The summed E-state index contributed by atoms with van der Waals surface area (Å²) in [6.45, 7) is 2.36. The summed E-state index contributed by atoms with van der Waals surface area (Å²) in [4.78, 5) is 11.8. The molecule has 2 N–H and O–H groups in total. The Morgan fingerprint density at radius 2 is 1.62 bits per heavy atom. The van der Waals surface area contributed by atoms with Crippen LogP contribution in [0.4, 0.5) is 0 Å². The van der Waals surface area contributed by atoms with Gasteiger partial charge in [0.15, 0.2) is 0 Å². The summed E-state index contributed by atoms with van der Waals surface area (Å²) in [7, 11) is 0. The average molecular weight is 365 g/mol. The third-order valence-electron chi connectivity index (χ3n) is 4.55. The van der Waals surface area contributed by atoms with Crippen LogP contribution in [0, 0.1) is 0 Å². The highest BCUT2D eigenvalue weighted by molar-refractivity contribution is 7.13. The number of thiophene rings is 1. The van der Waals surface area contributed by atoms with Gasteiger partial charge in [-0.15, -0.1) is 11.3 Å². The zero-order valence-corrected chi connectivity index (χ0v) is 15.4. The number of benzene rings is 2. The van der Waals surface area contributed by atoms with Crippen molar-refractivity contribution in [1.82, 2.24) is 5.32 Å². The molecular formula is C22H23NO2S. The lowest BCUT2D eigenvalue weighted by Crippen LogP contribution is -2.26. The number of nitrogens with one attached hydrogen (secondary N) is 1. The number of carboxylic acid groups (broad SMARTS) is 1. The number of piperidine rings is 1. The number of aromatic carboxylic acids is 1. The van der Waals surface area contributed by atoms with E-state index in [4.69, 9.17) is 5.11 Å². The third kappa shape index (κ3) is 5.04. The summed E-state index contributed by atoms with van der Waals surface area (Å²) in [5, 5.41) is 14.1. The molecule has 4 heteroatoms. The Balaban J connectivity index is 0.000000152. The Labute approximate surface area is 158 Å². The van der Waals surface area contributed by atoms with Crippen LogP contribution in [0.25, 0.3) is 10.4 Å². The molecular weight excluding hydrogens is 342 g/mol. The largest absolute Gasteiger partial charge is 0.478 e. The van der Waals surface area contributed by atoms with E-state index in [2.05, 4.69) is 35.6 Å². The van der Waals surface area contributed by atoms with E-state index in [1.165, 1.54) is 31.5 Å². The SMILES string of the molecule is O=C(O)c1ccc(-c2cccs2)cc1.c1ccc(C2CCNCC2)cc1. The molecule has 26 heavy (non-hydrogen) atoms. The second-order valence-electron chi connectivity index (χ2n) is 6.29. The van der Waals surface area contributed by atoms with Crippen LogP contribution in [0.1, 0.15) is 34.7 Å². The van der Waals surface area contributed by atoms with Crippen molar-refractivity contribution in [2.45, 2.75) is 18.8 Å². The van der Waals surface area contributed by atoms with Gasteiger partial charge in [-0.2, -0.15) is 0 Å². The first-order valence-electron chi connectivity index (χ1n) is 8.87. The van der Waals surface area contributed by atoms with Crippen LogP contribution in [0.3, 0.4) is 0 Å². The topological polar surface area (TPSA) is 49.3 Å². The molecule has 3 nitrogen and oxygen atoms in total. The first-order valence-corrected chi connectivity index (χ1v) is 9.75. The van der Waals surface area contributed by atoms with E-state index in [9.17, 15) is 4.79 Å². The van der Waals surface area contributed by atoms with Gasteiger partial charge in [0.25, 0.3) is 0 Å². The molecule has 1 fully saturated rings. The van der Waals surface area contributed by atoms with Gasteiger partial charge in [-0.05, 0) is 66.6 Å². The molecule has 1 aliphatic heterocycles. The molecule has 1 aromatic heterocycles. The molecule has 0 aliphatic carbocycles. The van der Waals surface area contributed by atoms with E-state index in [0.717, 1.165) is 16.4 Å². The van der Waals surface area contributed by atoms with Crippen molar-refractivity contribution in [3.63, 3.8) is 0 Å². The normalized spacial score (nSPS) is 14.3. The van der Waals surface area contributed by atoms with Crippen LogP contribution in [-0.2, 0) is 0 Å². The van der Waals surface area contributed by atoms with Gasteiger partial charge in [0.2, 0.25) is 0 Å². The van der Waals surface area contributed by atoms with Crippen LogP contribution in [0.15, 0.2) is 72.1 Å². The smallest absolute Gasteiger partial charge is 0.335 e. The zero-order chi connectivity index (χ0) is 18.2. The molecule has 3 aromatic rings. The first-order chi connectivity index (χ1) is 12.7. The Morgan fingerprint density at radius 3 is 2.19 bits per heavy atom. The first kappa shape index (κ1) is 18.4. The average Bonchev–Trinajstić information content (AvgIpc) is 3.25. The van der Waals surface area contributed by atoms with Crippen molar-refractivity contribution in [2.75, 3.05) is 13.1 Å². The number of carbonyl (C=O) groups is 1. The molecule has 0 bridgehead atoms. The summed E-state index contributed by atoms with van der Waals surface area (Å²) in [5.74, 6) is -0.0878. The lowest BCUT2D eigenvalue weighted by molar-refractivity contribution is 0.0697. The third-order valence-corrected chi connectivity index (χ3v) is 5.47. The van der Waals surface area contributed by atoms with Crippen molar-refractivity contribution >= 4 is 17.3 Å². The summed E-state index contributed by atoms with van der Waals surface area (Å²) in [5.41, 5.74) is 2.90. The van der Waals surface area contributed by atoms with Crippen molar-refractivity contribution in [1.29, 1.82) is 0 Å². The van der Waals surface area contributed by atoms with Crippen molar-refractivity contribution in [3.8, 4) is 10.4 Å². The van der Waals surface area contributed by atoms with Gasteiger partial charge in [-0.3, -0.25) is 0 Å². The summed E-state index contributed by atoms with van der Waals surface area (Å²) in [6.07, 6.45) is 2.59. The van der Waals surface area contributed by atoms with E-state index in [1.807, 2.05) is 29.6 Å². The highest BCUT2D eigenvalue weighted by atomic mass is 32.1. The lowest BCUT2D eigenvalue weighted by atomic mass is 9.90. The lowest BCUT2D eigenvalue weighted by Gasteiger charge is -2.22. The summed E-state index contributed by atoms with van der Waals surface area (Å²) in [6, 6.07) is 21.7. The molecule has 0 saturated carbocycles. The fourth-order valence-corrected chi connectivity index (χ4v) is 3.83. The molecule has 0 spiro atoms. The fraction of sp³-hybridized carbons (Fsp3) is 0.227. The Bertz CT molecular complexity index is 792. The van der Waals surface area contributed by atoms with Crippen molar-refractivity contribution in [2.24, 2.45) is 0 Å². The number of hydrogen-bond acceptors (Lipinski definition) is 3. The maximum absolute atomic E-state index is 10.6. The van der Waals surface area contributed by atoms with Gasteiger partial charge < -0.3 is 10.4 Å². The van der Waals surface area contributed by atoms with E-state index in [0.29, 0.717) is 5.56 Å². The highest BCUT2D eigenvalue weighted by Crippen LogP contribution is 2.25. The van der Waals surface area contributed by atoms with E-state index < -0.39 is 5.97 Å². The van der Waals surface area contributed by atoms with Gasteiger partial charge >= 0.3 is 5.97 Å². The molecule has 4 rings (SSSR count). The van der Waals surface area contributed by atoms with Gasteiger partial charge in [-0.1, -0.05) is 48.5 Å². The second kappa shape index (κ2) is 9.32. The molecule has 0 radical (unpaired) electrons. The van der Waals surface area contributed by atoms with Crippen LogP contribution >= 0.6 is 11.3 Å². The van der Waals surface area contributed by atoms with Gasteiger partial charge in [0.05, 0.1) is 5.56 Å². The maximum atomic E-state index is 10.6. The monoisotopic (exact) mass is 365 g/mol. The Morgan fingerprint density at radius 1 is 0.923 bits per heavy atom. The second-order valence-corrected chi connectivity index (χ2v) is 7.24. The maximum Gasteiger partial charge on any atom is 0.335 e. The van der Waals surface area contributed by atoms with E-state index in [1.54, 1.807) is 23.5 Å². The minimum Gasteiger partial charge on any atom is -0.478 e. The highest BCUT2D eigenvalue weighted by Gasteiger charge is 2.13. The van der Waals surface area contributed by atoms with Crippen molar-refractivity contribution in [3.05, 3.63) is 83.2 Å². The minimum absolute atomic E-state index is 0.324. The van der Waals surface area contributed by atoms with Crippen LogP contribution in [0.2, 0.25) is 0 Å². The molecule has 134 valence electrons. The quantitative estimate of drug-likeness (QED) is 0.665. The van der Waals surface area contributed by atoms with Crippen LogP contribution in [0.5, 0.6) is 0 Å². The Hall–Kier alpha value is -2.43. The molecule has 0 atom stereocenters. The summed E-state index contributed by atoms with van der Waals surface area (Å²) < 4.78 is 0. The molecule has 1 aliphatic rings. The number of hydrogen-bond donors (Lipinski definition) is 2. The van der Waals surface area contributed by atoms with Gasteiger partial charge in [0.1, 0.15) is 0 Å². The molecule has 2 aromatic carbocycles. The van der Waals surface area contributed by atoms with Crippen LogP contribution in [-0.4, -0.2) is 24.2 Å². The van der Waals surface area contributed by atoms with Crippen LogP contribution < -0.4 is 5.32 Å². The molecule has 1 saturated heterocycles. The van der Waals surface area contributed by atoms with Gasteiger partial charge in [-0.25, -0.2) is 4.79 Å². The van der Waals surface area contributed by atoms with E-state index >= 15 is 0 Å². The zero-order valence-electron chi connectivity index (χ0n) is 14.6. The van der Waals surface area contributed by atoms with E-state index in [-0.39, 0.29) is 0 Å². The Kier molecular flexibility index (Phi) is 6.58. The number of carboxylic acids is 1. The van der Waals surface area contributed by atoms with Crippen molar-refractivity contribution < 1.29 is 9.90 Å². The predicted octanol–water partition coefficient (Wildman–Crippen LogP) is 5.27. The minimum atomic E-state index is -0.886. The molecule has 0 amide bonds. The fourth-order valence-electron chi connectivity index (χ4n) is 3.10. The number of rotatable bonds is 3.